The van der Waals surface area contributed by atoms with Crippen LogP contribution in [0.1, 0.15) is 35.7 Å². The summed E-state index contributed by atoms with van der Waals surface area (Å²) >= 11 is 1.60. The van der Waals surface area contributed by atoms with Crippen LogP contribution < -0.4 is 0 Å². The van der Waals surface area contributed by atoms with E-state index < -0.39 is 5.78 Å². The highest BCUT2D eigenvalue weighted by atomic mass is 32.2. The van der Waals surface area contributed by atoms with E-state index in [1.54, 1.807) is 36.9 Å². The van der Waals surface area contributed by atoms with E-state index in [0.717, 1.165) is 16.0 Å². The van der Waals surface area contributed by atoms with Gasteiger partial charge in [-0.25, -0.2) is 0 Å². The molecule has 0 N–H and O–H groups in total. The predicted molar refractivity (Wildman–Crippen MR) is 103 cm³/mol. The highest BCUT2D eigenvalue weighted by molar-refractivity contribution is 7.99. The molecule has 0 saturated heterocycles. The van der Waals surface area contributed by atoms with Gasteiger partial charge in [0.1, 0.15) is 17.7 Å². The molecule has 0 radical (unpaired) electrons. The Balaban J connectivity index is 1.94. The van der Waals surface area contributed by atoms with Crippen LogP contribution in [0.5, 0.6) is 0 Å². The maximum Gasteiger partial charge on any atom is 0.305 e. The highest BCUT2D eigenvalue weighted by Gasteiger charge is 2.28. The maximum absolute atomic E-state index is 12.6. The average Bonchev–Trinajstić information content (AvgIpc) is 2.68. The van der Waals surface area contributed by atoms with Gasteiger partial charge in [-0.3, -0.25) is 9.59 Å². The molecular formula is C21H16N2O3S. The van der Waals surface area contributed by atoms with Gasteiger partial charge in [-0.05, 0) is 30.6 Å². The van der Waals surface area contributed by atoms with Crippen LogP contribution >= 0.6 is 11.8 Å². The summed E-state index contributed by atoms with van der Waals surface area (Å²) < 4.78 is 4.93. The van der Waals surface area contributed by atoms with E-state index in [1.807, 2.05) is 24.3 Å². The first-order valence-electron chi connectivity index (χ1n) is 8.56. The predicted octanol–water partition coefficient (Wildman–Crippen LogP) is 4.27. The Labute approximate surface area is 161 Å². The zero-order valence-electron chi connectivity index (χ0n) is 14.7. The molecule has 27 heavy (non-hydrogen) atoms. The third-order valence-corrected chi connectivity index (χ3v) is 5.46. The molecule has 0 unspecified atom stereocenters. The summed E-state index contributed by atoms with van der Waals surface area (Å²) in [5, 5.41) is 20.4. The number of esters is 1. The lowest BCUT2D eigenvalue weighted by Gasteiger charge is -2.18. The van der Waals surface area contributed by atoms with Crippen molar-refractivity contribution in [2.24, 2.45) is 0 Å². The monoisotopic (exact) mass is 376 g/mol. The molecule has 2 aromatic carbocycles. The van der Waals surface area contributed by atoms with E-state index in [2.05, 4.69) is 0 Å². The SMILES string of the molecule is CCOC(=O)CCCSc1ccc2c3c(cccc13)C(=O)C(C#N)=C2C#N. The quantitative estimate of drug-likeness (QED) is 0.425. The van der Waals surface area contributed by atoms with E-state index in [9.17, 15) is 20.1 Å². The van der Waals surface area contributed by atoms with E-state index in [-0.39, 0.29) is 17.1 Å². The molecule has 0 atom stereocenters. The van der Waals surface area contributed by atoms with Gasteiger partial charge >= 0.3 is 5.97 Å². The number of allylic oxidation sites excluding steroid dienone is 2. The van der Waals surface area contributed by atoms with Crippen molar-refractivity contribution in [1.82, 2.24) is 0 Å². The number of nitriles is 2. The van der Waals surface area contributed by atoms with Gasteiger partial charge in [0.15, 0.2) is 0 Å². The molecule has 0 bridgehead atoms. The third-order valence-electron chi connectivity index (χ3n) is 4.30. The van der Waals surface area contributed by atoms with Gasteiger partial charge in [-0.1, -0.05) is 24.3 Å². The first-order valence-corrected chi connectivity index (χ1v) is 9.54. The van der Waals surface area contributed by atoms with Gasteiger partial charge in [0.2, 0.25) is 5.78 Å². The van der Waals surface area contributed by atoms with Crippen molar-refractivity contribution in [2.75, 3.05) is 12.4 Å². The molecule has 5 nitrogen and oxygen atoms in total. The molecular weight excluding hydrogens is 360 g/mol. The van der Waals surface area contributed by atoms with Crippen molar-refractivity contribution in [1.29, 1.82) is 10.5 Å². The molecule has 0 saturated carbocycles. The van der Waals surface area contributed by atoms with Crippen LogP contribution in [0.2, 0.25) is 0 Å². The fraction of sp³-hybridized carbons (Fsp3) is 0.238. The Kier molecular flexibility index (Phi) is 5.59. The zero-order valence-corrected chi connectivity index (χ0v) is 15.6. The van der Waals surface area contributed by atoms with Crippen molar-refractivity contribution in [3.8, 4) is 12.1 Å². The Morgan fingerprint density at radius 2 is 1.89 bits per heavy atom. The lowest BCUT2D eigenvalue weighted by Crippen LogP contribution is -2.11. The van der Waals surface area contributed by atoms with Crippen LogP contribution in [-0.2, 0) is 9.53 Å². The molecule has 3 rings (SSSR count). The summed E-state index contributed by atoms with van der Waals surface area (Å²) in [7, 11) is 0. The number of ketones is 1. The van der Waals surface area contributed by atoms with Crippen molar-refractivity contribution >= 4 is 39.9 Å². The normalized spacial score (nSPS) is 12.6. The molecule has 6 heteroatoms. The lowest BCUT2D eigenvalue weighted by molar-refractivity contribution is -0.143. The molecule has 0 amide bonds. The number of hydrogen-bond donors (Lipinski definition) is 0. The van der Waals surface area contributed by atoms with E-state index in [0.29, 0.717) is 36.0 Å². The summed E-state index contributed by atoms with van der Waals surface area (Å²) in [6.45, 7) is 2.17. The van der Waals surface area contributed by atoms with E-state index >= 15 is 0 Å². The Morgan fingerprint density at radius 3 is 2.59 bits per heavy atom. The van der Waals surface area contributed by atoms with Crippen molar-refractivity contribution in [2.45, 2.75) is 24.7 Å². The lowest BCUT2D eigenvalue weighted by atomic mass is 9.83. The second-order valence-corrected chi connectivity index (χ2v) is 7.04. The number of Topliss-reactive ketones (excluding diaryl/α,β-unsaturated/α-hetero) is 1. The smallest absolute Gasteiger partial charge is 0.305 e. The first-order chi connectivity index (χ1) is 13.1. The first kappa shape index (κ1) is 18.7. The van der Waals surface area contributed by atoms with Gasteiger partial charge < -0.3 is 4.74 Å². The van der Waals surface area contributed by atoms with E-state index in [1.165, 1.54) is 0 Å². The Hall–Kier alpha value is -3.09. The molecule has 0 aromatic heterocycles. The Bertz CT molecular complexity index is 1060. The molecule has 2 aromatic rings. The molecule has 1 aliphatic rings. The topological polar surface area (TPSA) is 90.9 Å². The van der Waals surface area contributed by atoms with Gasteiger partial charge in [-0.15, -0.1) is 11.8 Å². The van der Waals surface area contributed by atoms with Gasteiger partial charge in [0.25, 0.3) is 0 Å². The minimum atomic E-state index is -0.406. The standard InChI is InChI=1S/C21H16N2O3S/c1-2-26-19(24)7-4-10-27-18-9-8-13-16(11-22)17(12-23)21(25)15-6-3-5-14(18)20(13)15/h3,5-6,8-9H,2,4,7,10H2,1H3. The van der Waals surface area contributed by atoms with E-state index in [4.69, 9.17) is 4.74 Å². The summed E-state index contributed by atoms with van der Waals surface area (Å²) in [6.07, 6.45) is 1.06. The Morgan fingerprint density at radius 1 is 1.11 bits per heavy atom. The van der Waals surface area contributed by atoms with Gasteiger partial charge in [0, 0.05) is 27.8 Å². The van der Waals surface area contributed by atoms with Crippen molar-refractivity contribution in [3.63, 3.8) is 0 Å². The van der Waals surface area contributed by atoms with Gasteiger partial charge in [0.05, 0.1) is 12.2 Å². The average molecular weight is 376 g/mol. The fourth-order valence-corrected chi connectivity index (χ4v) is 4.14. The number of benzene rings is 2. The summed E-state index contributed by atoms with van der Waals surface area (Å²) in [4.78, 5) is 25.0. The summed E-state index contributed by atoms with van der Waals surface area (Å²) in [5.41, 5.74) is 1.10. The number of rotatable bonds is 6. The van der Waals surface area contributed by atoms with Crippen molar-refractivity contribution in [3.05, 3.63) is 47.0 Å². The molecule has 134 valence electrons. The minimum absolute atomic E-state index is 0.104. The number of carbonyl (C=O) groups excluding carboxylic acids is 2. The van der Waals surface area contributed by atoms with Crippen molar-refractivity contribution < 1.29 is 14.3 Å². The number of ether oxygens (including phenoxy) is 1. The second kappa shape index (κ2) is 8.07. The summed E-state index contributed by atoms with van der Waals surface area (Å²) in [5.74, 6) is 0.126. The van der Waals surface area contributed by atoms with Crippen LogP contribution in [0.4, 0.5) is 0 Å². The van der Waals surface area contributed by atoms with Crippen LogP contribution in [0.25, 0.3) is 16.3 Å². The number of hydrogen-bond acceptors (Lipinski definition) is 6. The molecule has 0 aliphatic heterocycles. The molecule has 0 heterocycles. The summed E-state index contributed by atoms with van der Waals surface area (Å²) in [6, 6.07) is 13.0. The zero-order chi connectivity index (χ0) is 19.4. The molecule has 0 fully saturated rings. The number of nitrogens with zero attached hydrogens (tertiary/aromatic N) is 2. The van der Waals surface area contributed by atoms with Crippen LogP contribution in [0, 0.1) is 22.7 Å². The van der Waals surface area contributed by atoms with Gasteiger partial charge in [-0.2, -0.15) is 10.5 Å². The molecule has 0 spiro atoms. The largest absolute Gasteiger partial charge is 0.466 e. The number of carbonyl (C=O) groups is 2. The highest BCUT2D eigenvalue weighted by Crippen LogP contribution is 2.40. The minimum Gasteiger partial charge on any atom is -0.466 e. The third kappa shape index (κ3) is 3.45. The maximum atomic E-state index is 12.6. The number of thioether (sulfide) groups is 1. The fourth-order valence-electron chi connectivity index (χ4n) is 3.14. The van der Waals surface area contributed by atoms with Crippen LogP contribution in [-0.4, -0.2) is 24.1 Å². The van der Waals surface area contributed by atoms with Crippen LogP contribution in [0.15, 0.2) is 40.8 Å². The second-order valence-electron chi connectivity index (χ2n) is 5.90. The van der Waals surface area contributed by atoms with Crippen LogP contribution in [0.3, 0.4) is 0 Å². The molecule has 1 aliphatic carbocycles.